The molecule has 0 saturated carbocycles. The second-order valence-corrected chi connectivity index (χ2v) is 3.44. The third-order valence-corrected chi connectivity index (χ3v) is 2.66. The summed E-state index contributed by atoms with van der Waals surface area (Å²) in [5, 5.41) is 18.6. The topological polar surface area (TPSA) is 40.5 Å². The van der Waals surface area contributed by atoms with Crippen LogP contribution in [0.3, 0.4) is 0 Å². The van der Waals surface area contributed by atoms with E-state index in [0.717, 1.165) is 41.4 Å². The van der Waals surface area contributed by atoms with Crippen LogP contribution in [-0.2, 0) is 6.42 Å². The van der Waals surface area contributed by atoms with Crippen molar-refractivity contribution in [2.45, 2.75) is 12.8 Å². The molecule has 72 valence electrons. The summed E-state index contributed by atoms with van der Waals surface area (Å²) in [5.74, 6) is 0.320. The van der Waals surface area contributed by atoms with Crippen molar-refractivity contribution < 1.29 is 10.2 Å². The van der Waals surface area contributed by atoms with Crippen LogP contribution in [-0.4, -0.2) is 10.2 Å². The highest BCUT2D eigenvalue weighted by Gasteiger charge is 2.19. The Kier molecular flexibility index (Phi) is 2.04. The molecule has 0 amide bonds. The van der Waals surface area contributed by atoms with E-state index in [1.807, 2.05) is 6.07 Å². The molecule has 2 nitrogen and oxygen atoms in total. The molecule has 2 rings (SSSR count). The molecule has 0 heterocycles. The average Bonchev–Trinajstić information content (AvgIpc) is 2.20. The Hall–Kier alpha value is -1.70. The monoisotopic (exact) mass is 188 g/mol. The van der Waals surface area contributed by atoms with Gasteiger partial charge in [-0.1, -0.05) is 18.7 Å². The van der Waals surface area contributed by atoms with Crippen molar-refractivity contribution in [2.24, 2.45) is 0 Å². The van der Waals surface area contributed by atoms with E-state index in [0.29, 0.717) is 5.75 Å². The molecule has 2 heteroatoms. The normalized spacial score (nSPS) is 18.3. The molecule has 0 bridgehead atoms. The van der Waals surface area contributed by atoms with Crippen LogP contribution in [0.5, 0.6) is 5.75 Å². The zero-order valence-electron chi connectivity index (χ0n) is 7.83. The van der Waals surface area contributed by atoms with Crippen molar-refractivity contribution in [3.63, 3.8) is 0 Å². The molecule has 1 aromatic carbocycles. The van der Waals surface area contributed by atoms with Crippen LogP contribution in [0.4, 0.5) is 0 Å². The van der Waals surface area contributed by atoms with E-state index >= 15 is 0 Å². The first-order valence-corrected chi connectivity index (χ1v) is 4.58. The summed E-state index contributed by atoms with van der Waals surface area (Å²) in [7, 11) is 0. The summed E-state index contributed by atoms with van der Waals surface area (Å²) in [6, 6.07) is 5.39. The van der Waals surface area contributed by atoms with Crippen LogP contribution >= 0.6 is 0 Å². The smallest absolute Gasteiger partial charge is 0.119 e. The Morgan fingerprint density at radius 3 is 2.79 bits per heavy atom. The number of hydrogen-bond acceptors (Lipinski definition) is 2. The fourth-order valence-corrected chi connectivity index (χ4v) is 1.85. The number of benzene rings is 1. The molecule has 14 heavy (non-hydrogen) atoms. The minimum absolute atomic E-state index is 0.320. The summed E-state index contributed by atoms with van der Waals surface area (Å²) in [6.45, 7) is 3.91. The molecule has 0 aliphatic heterocycles. The lowest BCUT2D eigenvalue weighted by Gasteiger charge is -2.20. The van der Waals surface area contributed by atoms with Gasteiger partial charge in [0.2, 0.25) is 0 Å². The van der Waals surface area contributed by atoms with Gasteiger partial charge in [-0.2, -0.15) is 0 Å². The molecular formula is C12H12O2. The maximum atomic E-state index is 9.61. The Morgan fingerprint density at radius 2 is 2.07 bits per heavy atom. The molecule has 0 spiro atoms. The van der Waals surface area contributed by atoms with Gasteiger partial charge >= 0.3 is 0 Å². The number of rotatable bonds is 0. The maximum absolute atomic E-state index is 9.61. The van der Waals surface area contributed by atoms with Crippen molar-refractivity contribution in [2.75, 3.05) is 0 Å². The Bertz CT molecular complexity index is 416. The lowest BCUT2D eigenvalue weighted by atomic mass is 9.84. The molecular weight excluding hydrogens is 176 g/mol. The molecule has 1 aromatic rings. The number of aromatic hydroxyl groups is 1. The van der Waals surface area contributed by atoms with E-state index in [9.17, 15) is 5.11 Å². The van der Waals surface area contributed by atoms with Gasteiger partial charge in [-0.05, 0) is 35.6 Å². The van der Waals surface area contributed by atoms with Crippen LogP contribution in [0.1, 0.15) is 17.5 Å². The highest BCUT2D eigenvalue weighted by molar-refractivity contribution is 5.81. The standard InChI is InChI=1S/C12H12O2/c1-8-9(7-13)5-6-11-10(8)3-2-4-12(11)14/h2-4,7,13-14H,1,5-6H2/b9-7-. The van der Waals surface area contributed by atoms with Gasteiger partial charge in [-0.3, -0.25) is 0 Å². The predicted molar refractivity (Wildman–Crippen MR) is 56.2 cm³/mol. The van der Waals surface area contributed by atoms with Gasteiger partial charge in [0.15, 0.2) is 0 Å². The first-order chi connectivity index (χ1) is 6.74. The lowest BCUT2D eigenvalue weighted by molar-refractivity contribution is 0.460. The van der Waals surface area contributed by atoms with Gasteiger partial charge < -0.3 is 10.2 Å². The number of aliphatic hydroxyl groups excluding tert-OH is 1. The van der Waals surface area contributed by atoms with Crippen molar-refractivity contribution >= 4 is 5.57 Å². The Morgan fingerprint density at radius 1 is 1.29 bits per heavy atom. The Labute approximate surface area is 82.8 Å². The molecule has 0 aromatic heterocycles. The Balaban J connectivity index is 2.57. The number of aliphatic hydroxyl groups is 1. The number of allylic oxidation sites excluding steroid dienone is 2. The number of hydrogen-bond donors (Lipinski definition) is 2. The fourth-order valence-electron chi connectivity index (χ4n) is 1.85. The second kappa shape index (κ2) is 3.22. The lowest BCUT2D eigenvalue weighted by Crippen LogP contribution is -2.04. The van der Waals surface area contributed by atoms with E-state index in [4.69, 9.17) is 5.11 Å². The molecule has 0 radical (unpaired) electrons. The van der Waals surface area contributed by atoms with E-state index in [2.05, 4.69) is 6.58 Å². The third kappa shape index (κ3) is 1.20. The van der Waals surface area contributed by atoms with Crippen LogP contribution in [0.15, 0.2) is 36.6 Å². The molecule has 0 fully saturated rings. The molecule has 2 N–H and O–H groups in total. The number of phenolic OH excluding ortho intramolecular Hbond substituents is 1. The van der Waals surface area contributed by atoms with Gasteiger partial charge in [0.05, 0.1) is 6.26 Å². The van der Waals surface area contributed by atoms with Crippen molar-refractivity contribution in [1.29, 1.82) is 0 Å². The van der Waals surface area contributed by atoms with Gasteiger partial charge in [-0.15, -0.1) is 0 Å². The summed E-state index contributed by atoms with van der Waals surface area (Å²) in [5.41, 5.74) is 3.53. The zero-order chi connectivity index (χ0) is 10.1. The van der Waals surface area contributed by atoms with E-state index < -0.39 is 0 Å². The summed E-state index contributed by atoms with van der Waals surface area (Å²) < 4.78 is 0. The van der Waals surface area contributed by atoms with Gasteiger partial charge in [0.1, 0.15) is 5.75 Å². The summed E-state index contributed by atoms with van der Waals surface area (Å²) in [6.07, 6.45) is 2.60. The summed E-state index contributed by atoms with van der Waals surface area (Å²) in [4.78, 5) is 0. The highest BCUT2D eigenvalue weighted by atomic mass is 16.3. The number of fused-ring (bicyclic) bond motifs is 1. The van der Waals surface area contributed by atoms with Crippen molar-refractivity contribution in [3.8, 4) is 5.75 Å². The van der Waals surface area contributed by atoms with Crippen molar-refractivity contribution in [1.82, 2.24) is 0 Å². The zero-order valence-corrected chi connectivity index (χ0v) is 7.83. The summed E-state index contributed by atoms with van der Waals surface area (Å²) >= 11 is 0. The molecule has 0 atom stereocenters. The van der Waals surface area contributed by atoms with Crippen LogP contribution < -0.4 is 0 Å². The molecule has 1 aliphatic rings. The first kappa shape index (κ1) is 8.88. The van der Waals surface area contributed by atoms with Crippen molar-refractivity contribution in [3.05, 3.63) is 47.7 Å². The average molecular weight is 188 g/mol. The minimum atomic E-state index is 0.320. The number of phenols is 1. The second-order valence-electron chi connectivity index (χ2n) is 3.44. The van der Waals surface area contributed by atoms with E-state index in [1.165, 1.54) is 0 Å². The quantitative estimate of drug-likeness (QED) is 0.614. The van der Waals surface area contributed by atoms with Crippen LogP contribution in [0.2, 0.25) is 0 Å². The largest absolute Gasteiger partial charge is 0.515 e. The van der Waals surface area contributed by atoms with E-state index in [1.54, 1.807) is 12.1 Å². The van der Waals surface area contributed by atoms with Crippen LogP contribution in [0.25, 0.3) is 5.57 Å². The highest BCUT2D eigenvalue weighted by Crippen LogP contribution is 2.37. The van der Waals surface area contributed by atoms with E-state index in [-0.39, 0.29) is 0 Å². The third-order valence-electron chi connectivity index (χ3n) is 2.66. The fraction of sp³-hybridized carbons (Fsp3) is 0.167. The maximum Gasteiger partial charge on any atom is 0.119 e. The molecule has 0 saturated heterocycles. The molecule has 0 unspecified atom stereocenters. The first-order valence-electron chi connectivity index (χ1n) is 4.58. The SMILES string of the molecule is C=C1/C(=C\O)CCc2c(O)cccc21. The predicted octanol–water partition coefficient (Wildman–Crippen LogP) is 2.79. The molecule has 1 aliphatic carbocycles. The van der Waals surface area contributed by atoms with Gasteiger partial charge in [-0.25, -0.2) is 0 Å². The van der Waals surface area contributed by atoms with Gasteiger partial charge in [0, 0.05) is 5.56 Å². The minimum Gasteiger partial charge on any atom is -0.515 e. The van der Waals surface area contributed by atoms with Crippen LogP contribution in [0, 0.1) is 0 Å². The van der Waals surface area contributed by atoms with Gasteiger partial charge in [0.25, 0.3) is 0 Å².